The van der Waals surface area contributed by atoms with Gasteiger partial charge in [-0.2, -0.15) is 0 Å². The maximum atomic E-state index is 12.5. The Hall–Kier alpha value is -1.55. The quantitative estimate of drug-likeness (QED) is 0.770. The molecule has 0 aliphatic heterocycles. The standard InChI is InChI=1S/C18H29NO3/c1-15(16-11-7-5-8-12-16)19(13-9-6-10-14-20)17(21)22-18(2,3)4/h5,7-8,11-12,15,20H,6,9-10,13-14H2,1-4H3/t15-/m0/s1. The Balaban J connectivity index is 2.78. The van der Waals surface area contributed by atoms with E-state index in [2.05, 4.69) is 0 Å². The lowest BCUT2D eigenvalue weighted by Gasteiger charge is -2.32. The largest absolute Gasteiger partial charge is 0.444 e. The lowest BCUT2D eigenvalue weighted by Crippen LogP contribution is -2.39. The van der Waals surface area contributed by atoms with Crippen LogP contribution in [0.3, 0.4) is 0 Å². The first-order valence-electron chi connectivity index (χ1n) is 8.00. The molecule has 1 aromatic rings. The Morgan fingerprint density at radius 3 is 2.36 bits per heavy atom. The van der Waals surface area contributed by atoms with Gasteiger partial charge in [0.05, 0.1) is 6.04 Å². The molecule has 1 amide bonds. The first-order chi connectivity index (χ1) is 10.3. The lowest BCUT2D eigenvalue weighted by molar-refractivity contribution is 0.0169. The van der Waals surface area contributed by atoms with E-state index in [1.165, 1.54) is 0 Å². The van der Waals surface area contributed by atoms with Crippen molar-refractivity contribution in [3.63, 3.8) is 0 Å². The zero-order valence-corrected chi connectivity index (χ0v) is 14.2. The Morgan fingerprint density at radius 1 is 1.18 bits per heavy atom. The molecular weight excluding hydrogens is 278 g/mol. The summed E-state index contributed by atoms with van der Waals surface area (Å²) >= 11 is 0. The number of benzene rings is 1. The highest BCUT2D eigenvalue weighted by atomic mass is 16.6. The Morgan fingerprint density at radius 2 is 1.82 bits per heavy atom. The van der Waals surface area contributed by atoms with Gasteiger partial charge < -0.3 is 14.7 Å². The first-order valence-corrected chi connectivity index (χ1v) is 8.00. The third-order valence-corrected chi connectivity index (χ3v) is 3.43. The second-order valence-corrected chi connectivity index (χ2v) is 6.54. The van der Waals surface area contributed by atoms with Crippen LogP contribution in [-0.2, 0) is 4.74 Å². The monoisotopic (exact) mass is 307 g/mol. The van der Waals surface area contributed by atoms with Gasteiger partial charge in [-0.05, 0) is 52.5 Å². The Bertz CT molecular complexity index is 439. The minimum absolute atomic E-state index is 0.0369. The number of aliphatic hydroxyl groups excluding tert-OH is 1. The van der Waals surface area contributed by atoms with Gasteiger partial charge in [0.1, 0.15) is 5.60 Å². The Kier molecular flexibility index (Phi) is 7.39. The predicted molar refractivity (Wildman–Crippen MR) is 88.7 cm³/mol. The average Bonchev–Trinajstić information content (AvgIpc) is 2.45. The summed E-state index contributed by atoms with van der Waals surface area (Å²) in [5.41, 5.74) is 0.590. The number of hydrogen-bond acceptors (Lipinski definition) is 3. The second-order valence-electron chi connectivity index (χ2n) is 6.54. The third kappa shape index (κ3) is 6.48. The van der Waals surface area contributed by atoms with Crippen molar-refractivity contribution >= 4 is 6.09 Å². The molecule has 0 saturated carbocycles. The summed E-state index contributed by atoms with van der Waals surface area (Å²) in [5.74, 6) is 0. The number of nitrogens with zero attached hydrogens (tertiary/aromatic N) is 1. The van der Waals surface area contributed by atoms with Gasteiger partial charge in [-0.1, -0.05) is 30.3 Å². The van der Waals surface area contributed by atoms with E-state index >= 15 is 0 Å². The maximum Gasteiger partial charge on any atom is 0.410 e. The van der Waals surface area contributed by atoms with E-state index in [9.17, 15) is 4.79 Å². The van der Waals surface area contributed by atoms with Crippen LogP contribution in [-0.4, -0.2) is 34.9 Å². The van der Waals surface area contributed by atoms with Crippen molar-refractivity contribution in [3.05, 3.63) is 35.9 Å². The van der Waals surface area contributed by atoms with Gasteiger partial charge in [0.25, 0.3) is 0 Å². The molecule has 0 bridgehead atoms. The maximum absolute atomic E-state index is 12.5. The number of rotatable bonds is 7. The van der Waals surface area contributed by atoms with Crippen molar-refractivity contribution in [1.29, 1.82) is 0 Å². The average molecular weight is 307 g/mol. The van der Waals surface area contributed by atoms with E-state index in [-0.39, 0.29) is 18.7 Å². The molecule has 0 aromatic heterocycles. The van der Waals surface area contributed by atoms with Crippen molar-refractivity contribution in [1.82, 2.24) is 4.90 Å². The number of amides is 1. The van der Waals surface area contributed by atoms with Crippen LogP contribution in [0.4, 0.5) is 4.79 Å². The summed E-state index contributed by atoms with van der Waals surface area (Å²) in [7, 11) is 0. The van der Waals surface area contributed by atoms with E-state index in [0.717, 1.165) is 24.8 Å². The summed E-state index contributed by atoms with van der Waals surface area (Å²) in [6.07, 6.45) is 2.24. The molecule has 0 aliphatic rings. The lowest BCUT2D eigenvalue weighted by atomic mass is 10.1. The number of ether oxygens (including phenoxy) is 1. The molecule has 4 nitrogen and oxygen atoms in total. The van der Waals surface area contributed by atoms with E-state index in [1.54, 1.807) is 4.90 Å². The fraction of sp³-hybridized carbons (Fsp3) is 0.611. The molecule has 1 aromatic carbocycles. The predicted octanol–water partition coefficient (Wildman–Crippen LogP) is 4.15. The second kappa shape index (κ2) is 8.79. The first kappa shape index (κ1) is 18.5. The minimum atomic E-state index is -0.503. The number of hydrogen-bond donors (Lipinski definition) is 1. The molecule has 0 aliphatic carbocycles. The molecule has 0 spiro atoms. The molecular formula is C18H29NO3. The highest BCUT2D eigenvalue weighted by Crippen LogP contribution is 2.23. The number of carbonyl (C=O) groups is 1. The van der Waals surface area contributed by atoms with Crippen molar-refractivity contribution in [2.24, 2.45) is 0 Å². The van der Waals surface area contributed by atoms with Gasteiger partial charge in [0.15, 0.2) is 0 Å². The molecule has 0 radical (unpaired) electrons. The van der Waals surface area contributed by atoms with Crippen molar-refractivity contribution in [3.8, 4) is 0 Å². The summed E-state index contributed by atoms with van der Waals surface area (Å²) in [6, 6.07) is 9.93. The van der Waals surface area contributed by atoms with Crippen LogP contribution in [0.25, 0.3) is 0 Å². The summed E-state index contributed by atoms with van der Waals surface area (Å²) in [5, 5.41) is 8.88. The van der Waals surface area contributed by atoms with Gasteiger partial charge >= 0.3 is 6.09 Å². The van der Waals surface area contributed by atoms with Gasteiger partial charge in [-0.15, -0.1) is 0 Å². The van der Waals surface area contributed by atoms with E-state index in [0.29, 0.717) is 6.54 Å². The Labute approximate surface area is 134 Å². The summed E-state index contributed by atoms with van der Waals surface area (Å²) in [4.78, 5) is 14.3. The van der Waals surface area contributed by atoms with Crippen molar-refractivity contribution < 1.29 is 14.6 Å². The molecule has 124 valence electrons. The zero-order valence-electron chi connectivity index (χ0n) is 14.2. The normalized spacial score (nSPS) is 12.8. The van der Waals surface area contributed by atoms with Crippen LogP contribution in [0.15, 0.2) is 30.3 Å². The fourth-order valence-electron chi connectivity index (χ4n) is 2.25. The molecule has 0 heterocycles. The van der Waals surface area contributed by atoms with Crippen LogP contribution in [0.5, 0.6) is 0 Å². The molecule has 1 rings (SSSR count). The number of aliphatic hydroxyl groups is 1. The van der Waals surface area contributed by atoms with Gasteiger partial charge in [-0.3, -0.25) is 0 Å². The summed E-state index contributed by atoms with van der Waals surface area (Å²) in [6.45, 7) is 8.48. The smallest absolute Gasteiger partial charge is 0.410 e. The molecule has 1 atom stereocenters. The van der Waals surface area contributed by atoms with E-state index in [1.807, 2.05) is 58.0 Å². The molecule has 0 saturated heterocycles. The third-order valence-electron chi connectivity index (χ3n) is 3.43. The van der Waals surface area contributed by atoms with E-state index < -0.39 is 5.60 Å². The number of unbranched alkanes of at least 4 members (excludes halogenated alkanes) is 2. The number of carbonyl (C=O) groups excluding carboxylic acids is 1. The van der Waals surface area contributed by atoms with Gasteiger partial charge in [0.2, 0.25) is 0 Å². The minimum Gasteiger partial charge on any atom is -0.444 e. The van der Waals surface area contributed by atoms with Gasteiger partial charge in [-0.25, -0.2) is 4.79 Å². The molecule has 1 N–H and O–H groups in total. The van der Waals surface area contributed by atoms with Crippen molar-refractivity contribution in [2.75, 3.05) is 13.2 Å². The SMILES string of the molecule is C[C@@H](c1ccccc1)N(CCCCCO)C(=O)OC(C)(C)C. The van der Waals surface area contributed by atoms with Crippen LogP contribution < -0.4 is 0 Å². The molecule has 0 fully saturated rings. The molecule has 4 heteroatoms. The molecule has 22 heavy (non-hydrogen) atoms. The van der Waals surface area contributed by atoms with Crippen LogP contribution >= 0.6 is 0 Å². The highest BCUT2D eigenvalue weighted by Gasteiger charge is 2.26. The van der Waals surface area contributed by atoms with Gasteiger partial charge in [0, 0.05) is 13.2 Å². The van der Waals surface area contributed by atoms with Crippen LogP contribution in [0, 0.1) is 0 Å². The van der Waals surface area contributed by atoms with Crippen molar-refractivity contribution in [2.45, 2.75) is 58.6 Å². The zero-order chi connectivity index (χ0) is 16.6. The van der Waals surface area contributed by atoms with Crippen LogP contribution in [0.2, 0.25) is 0 Å². The summed E-state index contributed by atoms with van der Waals surface area (Å²) < 4.78 is 5.54. The fourth-order valence-corrected chi connectivity index (χ4v) is 2.25. The highest BCUT2D eigenvalue weighted by molar-refractivity contribution is 5.68. The van der Waals surface area contributed by atoms with Crippen LogP contribution in [0.1, 0.15) is 58.6 Å². The topological polar surface area (TPSA) is 49.8 Å². The molecule has 0 unspecified atom stereocenters. The van der Waals surface area contributed by atoms with E-state index in [4.69, 9.17) is 9.84 Å².